The van der Waals surface area contributed by atoms with Crippen molar-refractivity contribution < 1.29 is 0 Å². The number of benzene rings is 2. The molecule has 72 valence electrons. The summed E-state index contributed by atoms with van der Waals surface area (Å²) in [6.07, 6.45) is 0. The lowest BCUT2D eigenvalue weighted by Crippen LogP contribution is -1.96. The van der Waals surface area contributed by atoms with Crippen LogP contribution in [0.4, 0.5) is 11.4 Å². The molecule has 0 saturated heterocycles. The molecule has 0 aliphatic carbocycles. The molecule has 0 radical (unpaired) electrons. The number of hydrogen-bond acceptors (Lipinski definition) is 2. The normalized spacial score (nSPS) is 10.4. The van der Waals surface area contributed by atoms with Crippen molar-refractivity contribution in [2.45, 2.75) is 6.92 Å². The monoisotopic (exact) mass is 186 g/mol. The first-order valence-electron chi connectivity index (χ1n) is 4.69. The quantitative estimate of drug-likeness (QED) is 0.672. The van der Waals surface area contributed by atoms with Crippen molar-refractivity contribution in [3.05, 3.63) is 35.9 Å². The van der Waals surface area contributed by atoms with E-state index in [1.807, 2.05) is 19.2 Å². The fourth-order valence-corrected chi connectivity index (χ4v) is 1.83. The Morgan fingerprint density at radius 1 is 1.14 bits per heavy atom. The SMILES string of the molecule is CNc1c(C)ccc2cccc(N)c12. The van der Waals surface area contributed by atoms with Gasteiger partial charge in [-0.25, -0.2) is 0 Å². The third-order valence-electron chi connectivity index (χ3n) is 2.54. The smallest absolute Gasteiger partial charge is 0.0467 e. The van der Waals surface area contributed by atoms with Gasteiger partial charge in [0.25, 0.3) is 0 Å². The van der Waals surface area contributed by atoms with Gasteiger partial charge in [0.15, 0.2) is 0 Å². The summed E-state index contributed by atoms with van der Waals surface area (Å²) >= 11 is 0. The first kappa shape index (κ1) is 8.88. The Labute approximate surface area is 83.7 Å². The van der Waals surface area contributed by atoms with E-state index in [9.17, 15) is 0 Å². The molecule has 2 rings (SSSR count). The Morgan fingerprint density at radius 3 is 2.64 bits per heavy atom. The van der Waals surface area contributed by atoms with Gasteiger partial charge in [-0.1, -0.05) is 24.3 Å². The lowest BCUT2D eigenvalue weighted by molar-refractivity contribution is 1.43. The molecule has 3 N–H and O–H groups in total. The van der Waals surface area contributed by atoms with Gasteiger partial charge in [-0.3, -0.25) is 0 Å². The largest absolute Gasteiger partial charge is 0.398 e. The molecule has 2 heteroatoms. The highest BCUT2D eigenvalue weighted by atomic mass is 14.8. The second-order valence-electron chi connectivity index (χ2n) is 3.45. The molecule has 0 aliphatic rings. The van der Waals surface area contributed by atoms with Gasteiger partial charge in [-0.2, -0.15) is 0 Å². The zero-order chi connectivity index (χ0) is 10.1. The summed E-state index contributed by atoms with van der Waals surface area (Å²) in [7, 11) is 1.92. The molecule has 2 nitrogen and oxygen atoms in total. The van der Waals surface area contributed by atoms with Crippen LogP contribution in [0.2, 0.25) is 0 Å². The van der Waals surface area contributed by atoms with Crippen molar-refractivity contribution >= 4 is 22.1 Å². The van der Waals surface area contributed by atoms with E-state index in [1.54, 1.807) is 0 Å². The lowest BCUT2D eigenvalue weighted by atomic mass is 10.0. The van der Waals surface area contributed by atoms with E-state index >= 15 is 0 Å². The molecule has 0 amide bonds. The van der Waals surface area contributed by atoms with Crippen LogP contribution >= 0.6 is 0 Å². The van der Waals surface area contributed by atoms with E-state index in [0.717, 1.165) is 16.8 Å². The van der Waals surface area contributed by atoms with Crippen LogP contribution in [0, 0.1) is 6.92 Å². The Kier molecular flexibility index (Phi) is 2.04. The van der Waals surface area contributed by atoms with Crippen LogP contribution in [0.25, 0.3) is 10.8 Å². The van der Waals surface area contributed by atoms with Gasteiger partial charge < -0.3 is 11.1 Å². The van der Waals surface area contributed by atoms with E-state index < -0.39 is 0 Å². The van der Waals surface area contributed by atoms with Crippen LogP contribution in [0.15, 0.2) is 30.3 Å². The van der Waals surface area contributed by atoms with Gasteiger partial charge in [0.05, 0.1) is 0 Å². The fourth-order valence-electron chi connectivity index (χ4n) is 1.83. The number of aryl methyl sites for hydroxylation is 1. The summed E-state index contributed by atoms with van der Waals surface area (Å²) in [5, 5.41) is 5.50. The minimum atomic E-state index is 0.829. The Hall–Kier alpha value is -1.70. The van der Waals surface area contributed by atoms with Gasteiger partial charge in [0.1, 0.15) is 0 Å². The summed E-state index contributed by atoms with van der Waals surface area (Å²) in [5.74, 6) is 0. The number of nitrogen functional groups attached to an aromatic ring is 1. The van der Waals surface area contributed by atoms with Crippen LogP contribution in [-0.2, 0) is 0 Å². The second kappa shape index (κ2) is 3.22. The molecule has 0 atom stereocenters. The van der Waals surface area contributed by atoms with E-state index in [1.165, 1.54) is 10.9 Å². The summed E-state index contributed by atoms with van der Waals surface area (Å²) in [4.78, 5) is 0. The first-order valence-corrected chi connectivity index (χ1v) is 4.69. The highest BCUT2D eigenvalue weighted by Gasteiger charge is 2.05. The van der Waals surface area contributed by atoms with Gasteiger partial charge in [-0.15, -0.1) is 0 Å². The third kappa shape index (κ3) is 1.20. The van der Waals surface area contributed by atoms with Crippen LogP contribution in [0.5, 0.6) is 0 Å². The van der Waals surface area contributed by atoms with E-state index in [4.69, 9.17) is 5.73 Å². The molecule has 2 aromatic rings. The molecular formula is C12H14N2. The average molecular weight is 186 g/mol. The molecule has 0 fully saturated rings. The summed E-state index contributed by atoms with van der Waals surface area (Å²) in [5.41, 5.74) is 9.14. The van der Waals surface area contributed by atoms with Crippen LogP contribution in [-0.4, -0.2) is 7.05 Å². The maximum absolute atomic E-state index is 5.96. The van der Waals surface area contributed by atoms with Gasteiger partial charge >= 0.3 is 0 Å². The number of fused-ring (bicyclic) bond motifs is 1. The summed E-state index contributed by atoms with van der Waals surface area (Å²) in [6.45, 7) is 2.08. The molecule has 0 heterocycles. The van der Waals surface area contributed by atoms with Crippen LogP contribution in [0.1, 0.15) is 5.56 Å². The van der Waals surface area contributed by atoms with E-state index in [-0.39, 0.29) is 0 Å². The number of hydrogen-bond donors (Lipinski definition) is 2. The zero-order valence-corrected chi connectivity index (χ0v) is 8.46. The van der Waals surface area contributed by atoms with Crippen LogP contribution in [0.3, 0.4) is 0 Å². The van der Waals surface area contributed by atoms with Crippen molar-refractivity contribution in [1.82, 2.24) is 0 Å². The standard InChI is InChI=1S/C12H14N2/c1-8-6-7-9-4-3-5-10(13)11(9)12(8)14-2/h3-7,14H,13H2,1-2H3. The first-order chi connectivity index (χ1) is 6.74. The molecular weight excluding hydrogens is 172 g/mol. The number of anilines is 2. The van der Waals surface area contributed by atoms with E-state index in [2.05, 4.69) is 30.4 Å². The third-order valence-corrected chi connectivity index (χ3v) is 2.54. The van der Waals surface area contributed by atoms with Crippen molar-refractivity contribution in [3.63, 3.8) is 0 Å². The van der Waals surface area contributed by atoms with Crippen LogP contribution < -0.4 is 11.1 Å². The Balaban J connectivity index is 2.91. The summed E-state index contributed by atoms with van der Waals surface area (Å²) in [6, 6.07) is 10.2. The van der Waals surface area contributed by atoms with Gasteiger partial charge in [-0.05, 0) is 23.9 Å². The molecule has 0 aromatic heterocycles. The topological polar surface area (TPSA) is 38.0 Å². The highest BCUT2D eigenvalue weighted by molar-refractivity contribution is 6.03. The molecule has 0 aliphatic heterocycles. The minimum absolute atomic E-state index is 0.829. The fraction of sp³-hybridized carbons (Fsp3) is 0.167. The van der Waals surface area contributed by atoms with Crippen molar-refractivity contribution in [3.8, 4) is 0 Å². The number of nitrogens with one attached hydrogen (secondary N) is 1. The molecule has 0 bridgehead atoms. The van der Waals surface area contributed by atoms with Crippen molar-refractivity contribution in [2.75, 3.05) is 18.1 Å². The molecule has 14 heavy (non-hydrogen) atoms. The second-order valence-corrected chi connectivity index (χ2v) is 3.45. The van der Waals surface area contributed by atoms with Crippen molar-refractivity contribution in [2.24, 2.45) is 0 Å². The zero-order valence-electron chi connectivity index (χ0n) is 8.46. The maximum atomic E-state index is 5.96. The summed E-state index contributed by atoms with van der Waals surface area (Å²) < 4.78 is 0. The lowest BCUT2D eigenvalue weighted by Gasteiger charge is -2.11. The average Bonchev–Trinajstić information content (AvgIpc) is 2.19. The predicted octanol–water partition coefficient (Wildman–Crippen LogP) is 2.77. The molecule has 2 aromatic carbocycles. The van der Waals surface area contributed by atoms with Gasteiger partial charge in [0, 0.05) is 23.8 Å². The minimum Gasteiger partial charge on any atom is -0.398 e. The maximum Gasteiger partial charge on any atom is 0.0467 e. The number of nitrogens with two attached hydrogens (primary N) is 1. The molecule has 0 saturated carbocycles. The molecule has 0 spiro atoms. The van der Waals surface area contributed by atoms with Gasteiger partial charge in [0.2, 0.25) is 0 Å². The predicted molar refractivity (Wildman–Crippen MR) is 62.6 cm³/mol. The van der Waals surface area contributed by atoms with Crippen molar-refractivity contribution in [1.29, 1.82) is 0 Å². The number of rotatable bonds is 1. The molecule has 0 unspecified atom stereocenters. The van der Waals surface area contributed by atoms with E-state index in [0.29, 0.717) is 0 Å². The highest BCUT2D eigenvalue weighted by Crippen LogP contribution is 2.31. The Bertz CT molecular complexity index is 475. The Morgan fingerprint density at radius 2 is 1.93 bits per heavy atom.